The van der Waals surface area contributed by atoms with E-state index in [0.29, 0.717) is 18.7 Å². The van der Waals surface area contributed by atoms with Crippen LogP contribution >= 0.6 is 11.6 Å². The summed E-state index contributed by atoms with van der Waals surface area (Å²) in [6.07, 6.45) is 0.963. The van der Waals surface area contributed by atoms with E-state index in [1.54, 1.807) is 12.1 Å². The van der Waals surface area contributed by atoms with Gasteiger partial charge in [-0.3, -0.25) is 9.52 Å². The summed E-state index contributed by atoms with van der Waals surface area (Å²) in [6, 6.07) is 18.7. The number of nitrogens with one attached hydrogen (secondary N) is 2. The Labute approximate surface area is 193 Å². The van der Waals surface area contributed by atoms with Gasteiger partial charge in [-0.15, -0.1) is 0 Å². The molecule has 0 aliphatic carbocycles. The SMILES string of the molecule is CCc1ccc(OCCNC(=O)c2ccc(NS(=O)(=O)c3ccc(C)cc3)c(Cl)c2)cc1. The molecule has 0 saturated carbocycles. The van der Waals surface area contributed by atoms with Crippen molar-refractivity contribution < 1.29 is 17.9 Å². The minimum Gasteiger partial charge on any atom is -0.492 e. The Kier molecular flexibility index (Phi) is 7.77. The smallest absolute Gasteiger partial charge is 0.261 e. The summed E-state index contributed by atoms with van der Waals surface area (Å²) < 4.78 is 33.2. The Balaban J connectivity index is 1.55. The lowest BCUT2D eigenvalue weighted by Gasteiger charge is -2.12. The standard InChI is InChI=1S/C24H25ClN2O4S/c1-3-18-6-9-20(10-7-18)31-15-14-26-24(28)19-8-13-23(22(25)16-19)27-32(29,30)21-11-4-17(2)5-12-21/h4-13,16,27H,3,14-15H2,1-2H3,(H,26,28). The summed E-state index contributed by atoms with van der Waals surface area (Å²) >= 11 is 6.23. The van der Waals surface area contributed by atoms with Crippen LogP contribution in [0.4, 0.5) is 5.69 Å². The Hall–Kier alpha value is -3.03. The average molecular weight is 473 g/mol. The first-order chi connectivity index (χ1) is 15.3. The highest BCUT2D eigenvalue weighted by molar-refractivity contribution is 7.92. The molecule has 0 fully saturated rings. The van der Waals surface area contributed by atoms with E-state index in [9.17, 15) is 13.2 Å². The summed E-state index contributed by atoms with van der Waals surface area (Å²) in [6.45, 7) is 4.59. The van der Waals surface area contributed by atoms with Gasteiger partial charge in [0, 0.05) is 5.56 Å². The van der Waals surface area contributed by atoms with Crippen molar-refractivity contribution in [1.82, 2.24) is 5.32 Å². The highest BCUT2D eigenvalue weighted by Gasteiger charge is 2.16. The monoisotopic (exact) mass is 472 g/mol. The normalized spacial score (nSPS) is 11.1. The number of ether oxygens (including phenoxy) is 1. The number of hydrogen-bond acceptors (Lipinski definition) is 4. The van der Waals surface area contributed by atoms with Gasteiger partial charge in [-0.2, -0.15) is 0 Å². The van der Waals surface area contributed by atoms with Crippen molar-refractivity contribution in [1.29, 1.82) is 0 Å². The summed E-state index contributed by atoms with van der Waals surface area (Å²) in [7, 11) is -3.79. The highest BCUT2D eigenvalue weighted by atomic mass is 35.5. The first kappa shape index (κ1) is 23.6. The van der Waals surface area contributed by atoms with Gasteiger partial charge in [-0.1, -0.05) is 48.4 Å². The number of hydrogen-bond donors (Lipinski definition) is 2. The quantitative estimate of drug-likeness (QED) is 0.437. The third kappa shape index (κ3) is 6.24. The second-order valence-electron chi connectivity index (χ2n) is 7.22. The number of rotatable bonds is 9. The van der Waals surface area contributed by atoms with Crippen LogP contribution in [0.2, 0.25) is 5.02 Å². The molecular formula is C24H25ClN2O4S. The molecule has 6 nitrogen and oxygen atoms in total. The van der Waals surface area contributed by atoms with Gasteiger partial charge in [0.1, 0.15) is 12.4 Å². The zero-order valence-electron chi connectivity index (χ0n) is 17.9. The third-order valence-electron chi connectivity index (χ3n) is 4.79. The molecule has 1 amide bonds. The van der Waals surface area contributed by atoms with Crippen molar-refractivity contribution in [3.05, 3.63) is 88.4 Å². The molecule has 32 heavy (non-hydrogen) atoms. The third-order valence-corrected chi connectivity index (χ3v) is 6.49. The molecule has 168 valence electrons. The fourth-order valence-electron chi connectivity index (χ4n) is 2.92. The van der Waals surface area contributed by atoms with Crippen LogP contribution in [0, 0.1) is 6.92 Å². The number of amides is 1. The molecule has 0 radical (unpaired) electrons. The Bertz CT molecular complexity index is 1180. The minimum absolute atomic E-state index is 0.126. The van der Waals surface area contributed by atoms with Crippen LogP contribution < -0.4 is 14.8 Å². The number of carbonyl (C=O) groups excluding carboxylic acids is 1. The van der Waals surface area contributed by atoms with E-state index in [4.69, 9.17) is 16.3 Å². The maximum Gasteiger partial charge on any atom is 0.261 e. The second kappa shape index (κ2) is 10.5. The van der Waals surface area contributed by atoms with E-state index in [0.717, 1.165) is 17.7 Å². The van der Waals surface area contributed by atoms with E-state index in [2.05, 4.69) is 17.0 Å². The topological polar surface area (TPSA) is 84.5 Å². The van der Waals surface area contributed by atoms with Crippen molar-refractivity contribution in [3.8, 4) is 5.75 Å². The number of benzene rings is 3. The summed E-state index contributed by atoms with van der Waals surface area (Å²) in [5.74, 6) is 0.412. The van der Waals surface area contributed by atoms with E-state index in [1.807, 2.05) is 31.2 Å². The average Bonchev–Trinajstić information content (AvgIpc) is 2.78. The van der Waals surface area contributed by atoms with Gasteiger partial charge in [-0.25, -0.2) is 8.42 Å². The molecule has 0 aliphatic heterocycles. The highest BCUT2D eigenvalue weighted by Crippen LogP contribution is 2.26. The maximum absolute atomic E-state index is 12.5. The Morgan fingerprint density at radius 2 is 1.69 bits per heavy atom. The van der Waals surface area contributed by atoms with Crippen LogP contribution in [0.25, 0.3) is 0 Å². The molecule has 8 heteroatoms. The molecule has 3 rings (SSSR count). The summed E-state index contributed by atoms with van der Waals surface area (Å²) in [5, 5.41) is 2.88. The number of carbonyl (C=O) groups is 1. The molecule has 0 aliphatic rings. The predicted molar refractivity (Wildman–Crippen MR) is 127 cm³/mol. The van der Waals surface area contributed by atoms with E-state index < -0.39 is 10.0 Å². The largest absolute Gasteiger partial charge is 0.492 e. The lowest BCUT2D eigenvalue weighted by Crippen LogP contribution is -2.28. The van der Waals surface area contributed by atoms with Crippen molar-refractivity contribution in [2.24, 2.45) is 0 Å². The molecule has 3 aromatic rings. The fraction of sp³-hybridized carbons (Fsp3) is 0.208. The molecule has 0 unspecified atom stereocenters. The molecule has 0 atom stereocenters. The number of sulfonamides is 1. The van der Waals surface area contributed by atoms with Crippen molar-refractivity contribution in [2.75, 3.05) is 17.9 Å². The van der Waals surface area contributed by atoms with Crippen molar-refractivity contribution in [3.63, 3.8) is 0 Å². The second-order valence-corrected chi connectivity index (χ2v) is 9.30. The van der Waals surface area contributed by atoms with Gasteiger partial charge in [0.05, 0.1) is 22.2 Å². The van der Waals surface area contributed by atoms with Gasteiger partial charge in [-0.05, 0) is 61.4 Å². The number of halogens is 1. The van der Waals surface area contributed by atoms with Crippen LogP contribution in [-0.4, -0.2) is 27.5 Å². The van der Waals surface area contributed by atoms with E-state index >= 15 is 0 Å². The molecule has 0 aromatic heterocycles. The molecule has 0 bridgehead atoms. The number of anilines is 1. The first-order valence-electron chi connectivity index (χ1n) is 10.2. The van der Waals surface area contributed by atoms with Crippen molar-refractivity contribution >= 4 is 33.2 Å². The molecular weight excluding hydrogens is 448 g/mol. The molecule has 3 aromatic carbocycles. The van der Waals surface area contributed by atoms with Crippen LogP contribution in [0.15, 0.2) is 71.6 Å². The van der Waals surface area contributed by atoms with Gasteiger partial charge in [0.15, 0.2) is 0 Å². The van der Waals surface area contributed by atoms with Gasteiger partial charge in [0.2, 0.25) is 0 Å². The first-order valence-corrected chi connectivity index (χ1v) is 12.0. The lowest BCUT2D eigenvalue weighted by molar-refractivity contribution is 0.0947. The maximum atomic E-state index is 12.5. The molecule has 2 N–H and O–H groups in total. The lowest BCUT2D eigenvalue weighted by atomic mass is 10.2. The zero-order valence-corrected chi connectivity index (χ0v) is 19.5. The van der Waals surface area contributed by atoms with Crippen LogP contribution in [-0.2, 0) is 16.4 Å². The van der Waals surface area contributed by atoms with Crippen LogP contribution in [0.5, 0.6) is 5.75 Å². The van der Waals surface area contributed by atoms with Crippen molar-refractivity contribution in [2.45, 2.75) is 25.2 Å². The van der Waals surface area contributed by atoms with Gasteiger partial charge < -0.3 is 10.1 Å². The molecule has 0 spiro atoms. The van der Waals surface area contributed by atoms with E-state index in [1.165, 1.54) is 35.9 Å². The number of aryl methyl sites for hydroxylation is 2. The Morgan fingerprint density at radius 3 is 2.31 bits per heavy atom. The van der Waals surface area contributed by atoms with Crippen LogP contribution in [0.1, 0.15) is 28.4 Å². The molecule has 0 saturated heterocycles. The molecule has 0 heterocycles. The fourth-order valence-corrected chi connectivity index (χ4v) is 4.28. The Morgan fingerprint density at radius 1 is 1.00 bits per heavy atom. The van der Waals surface area contributed by atoms with Gasteiger partial charge >= 0.3 is 0 Å². The summed E-state index contributed by atoms with van der Waals surface area (Å²) in [5.41, 5.74) is 2.70. The van der Waals surface area contributed by atoms with Crippen LogP contribution in [0.3, 0.4) is 0 Å². The minimum atomic E-state index is -3.79. The van der Waals surface area contributed by atoms with Gasteiger partial charge in [0.25, 0.3) is 15.9 Å². The predicted octanol–water partition coefficient (Wildman–Crippen LogP) is 4.82. The van der Waals surface area contributed by atoms with E-state index in [-0.39, 0.29) is 21.5 Å². The zero-order chi connectivity index (χ0) is 23.1. The summed E-state index contributed by atoms with van der Waals surface area (Å²) in [4.78, 5) is 12.5.